The summed E-state index contributed by atoms with van der Waals surface area (Å²) in [7, 11) is 0. The van der Waals surface area contributed by atoms with Crippen LogP contribution in [-0.4, -0.2) is 4.98 Å². The zero-order chi connectivity index (χ0) is 11.0. The molecule has 0 saturated heterocycles. The van der Waals surface area contributed by atoms with Crippen molar-refractivity contribution in [3.8, 4) is 0 Å². The summed E-state index contributed by atoms with van der Waals surface area (Å²) in [5.41, 5.74) is 2.77. The lowest BCUT2D eigenvalue weighted by Crippen LogP contribution is -2.03. The second-order valence-electron chi connectivity index (χ2n) is 3.52. The first kappa shape index (κ1) is 10.2. The first-order valence-corrected chi connectivity index (χ1v) is 5.36. The van der Waals surface area contributed by atoms with Crippen molar-refractivity contribution in [2.24, 2.45) is 0 Å². The van der Waals surface area contributed by atoms with Crippen LogP contribution >= 0.6 is 15.9 Å². The Morgan fingerprint density at radius 1 is 1.40 bits per heavy atom. The molecule has 0 saturated carbocycles. The Hall–Kier alpha value is -1.35. The second-order valence-corrected chi connectivity index (χ2v) is 4.43. The Labute approximate surface area is 95.8 Å². The van der Waals surface area contributed by atoms with Crippen LogP contribution in [0.3, 0.4) is 0 Å². The summed E-state index contributed by atoms with van der Waals surface area (Å²) in [4.78, 5) is 14.0. The van der Waals surface area contributed by atoms with Crippen LogP contribution in [0.5, 0.6) is 0 Å². The minimum Gasteiger partial charge on any atom is -0.322 e. The van der Waals surface area contributed by atoms with Gasteiger partial charge in [-0.15, -0.1) is 0 Å². The third kappa shape index (κ3) is 1.88. The number of aromatic amines is 1. The van der Waals surface area contributed by atoms with Gasteiger partial charge in [-0.3, -0.25) is 4.79 Å². The van der Waals surface area contributed by atoms with E-state index in [4.69, 9.17) is 0 Å². The molecule has 1 N–H and O–H groups in total. The van der Waals surface area contributed by atoms with Crippen LogP contribution in [0, 0.1) is 0 Å². The van der Waals surface area contributed by atoms with Gasteiger partial charge in [0.25, 0.3) is 0 Å². The summed E-state index contributed by atoms with van der Waals surface area (Å²) < 4.78 is 0.940. The Kier molecular flexibility index (Phi) is 2.49. The van der Waals surface area contributed by atoms with E-state index >= 15 is 0 Å². The van der Waals surface area contributed by atoms with Crippen molar-refractivity contribution < 1.29 is 0 Å². The zero-order valence-corrected chi connectivity index (χ0v) is 9.89. The average molecular weight is 264 g/mol. The summed E-state index contributed by atoms with van der Waals surface area (Å²) in [6.07, 6.45) is 0. The average Bonchev–Trinajstić information content (AvgIpc) is 2.15. The number of benzene rings is 1. The van der Waals surface area contributed by atoms with Crippen molar-refractivity contribution in [1.29, 1.82) is 0 Å². The molecule has 0 spiro atoms. The number of fused-ring (bicyclic) bond motifs is 1. The lowest BCUT2D eigenvalue weighted by molar-refractivity contribution is 1.30. The Balaban J connectivity index is 2.92. The topological polar surface area (TPSA) is 32.9 Å². The van der Waals surface area contributed by atoms with E-state index in [0.29, 0.717) is 0 Å². The highest BCUT2D eigenvalue weighted by molar-refractivity contribution is 9.10. The lowest BCUT2D eigenvalue weighted by Gasteiger charge is -2.06. The lowest BCUT2D eigenvalue weighted by atomic mass is 10.0. The number of hydrogen-bond acceptors (Lipinski definition) is 1. The van der Waals surface area contributed by atoms with Crippen LogP contribution in [0.4, 0.5) is 0 Å². The fourth-order valence-electron chi connectivity index (χ4n) is 1.59. The maximum Gasteiger partial charge on any atom is 0.248 e. The predicted molar refractivity (Wildman–Crippen MR) is 67.0 cm³/mol. The maximum atomic E-state index is 11.2. The number of pyridine rings is 1. The van der Waals surface area contributed by atoms with E-state index in [9.17, 15) is 4.79 Å². The summed E-state index contributed by atoms with van der Waals surface area (Å²) in [5, 5.41) is 1.02. The highest BCUT2D eigenvalue weighted by Crippen LogP contribution is 2.26. The smallest absolute Gasteiger partial charge is 0.248 e. The minimum atomic E-state index is -0.0896. The van der Waals surface area contributed by atoms with E-state index in [0.717, 1.165) is 26.5 Å². The van der Waals surface area contributed by atoms with Gasteiger partial charge in [-0.1, -0.05) is 28.1 Å². The molecule has 2 aromatic rings. The number of hydrogen-bond donors (Lipinski definition) is 1. The molecule has 0 aliphatic rings. The zero-order valence-electron chi connectivity index (χ0n) is 8.30. The molecule has 0 radical (unpaired) electrons. The first-order chi connectivity index (χ1) is 7.08. The van der Waals surface area contributed by atoms with E-state index in [2.05, 4.69) is 27.5 Å². The van der Waals surface area contributed by atoms with E-state index in [1.165, 1.54) is 6.07 Å². The molecule has 15 heavy (non-hydrogen) atoms. The molecule has 0 aliphatic carbocycles. The van der Waals surface area contributed by atoms with Crippen molar-refractivity contribution in [2.45, 2.75) is 6.92 Å². The highest BCUT2D eigenvalue weighted by Gasteiger charge is 2.04. The standard InChI is InChI=1S/C12H10BrNO/c1-7(2)10-5-8(13)6-11-9(10)3-4-12(15)14-11/h3-6H,1H2,2H3,(H,14,15). The van der Waals surface area contributed by atoms with Crippen molar-refractivity contribution in [3.05, 3.63) is 51.2 Å². The van der Waals surface area contributed by atoms with Gasteiger partial charge in [0, 0.05) is 21.4 Å². The van der Waals surface area contributed by atoms with Gasteiger partial charge < -0.3 is 4.98 Å². The molecule has 2 rings (SSSR count). The number of rotatable bonds is 1. The molecule has 1 heterocycles. The van der Waals surface area contributed by atoms with E-state index < -0.39 is 0 Å². The van der Waals surface area contributed by atoms with Gasteiger partial charge in [-0.05, 0) is 30.7 Å². The number of aromatic nitrogens is 1. The van der Waals surface area contributed by atoms with Crippen molar-refractivity contribution in [1.82, 2.24) is 4.98 Å². The van der Waals surface area contributed by atoms with Gasteiger partial charge in [-0.2, -0.15) is 0 Å². The summed E-state index contributed by atoms with van der Waals surface area (Å²) in [6, 6.07) is 7.25. The molecule has 0 aliphatic heterocycles. The molecule has 0 fully saturated rings. The number of H-pyrrole nitrogens is 1. The first-order valence-electron chi connectivity index (χ1n) is 4.56. The number of allylic oxidation sites excluding steroid dienone is 1. The fourth-order valence-corrected chi connectivity index (χ4v) is 2.05. The second kappa shape index (κ2) is 3.66. The van der Waals surface area contributed by atoms with Crippen LogP contribution < -0.4 is 5.56 Å². The van der Waals surface area contributed by atoms with Crippen LogP contribution in [0.2, 0.25) is 0 Å². The van der Waals surface area contributed by atoms with Crippen LogP contribution in [0.15, 0.2) is 40.1 Å². The van der Waals surface area contributed by atoms with Crippen LogP contribution in [0.1, 0.15) is 12.5 Å². The monoisotopic (exact) mass is 263 g/mol. The molecular formula is C12H10BrNO. The van der Waals surface area contributed by atoms with Crippen LogP contribution in [-0.2, 0) is 0 Å². The normalized spacial score (nSPS) is 10.5. The van der Waals surface area contributed by atoms with E-state index in [-0.39, 0.29) is 5.56 Å². The van der Waals surface area contributed by atoms with E-state index in [1.807, 2.05) is 25.1 Å². The predicted octanol–water partition coefficient (Wildman–Crippen LogP) is 3.32. The van der Waals surface area contributed by atoms with Crippen LogP contribution in [0.25, 0.3) is 16.5 Å². The van der Waals surface area contributed by atoms with Gasteiger partial charge in [0.05, 0.1) is 0 Å². The Morgan fingerprint density at radius 2 is 2.13 bits per heavy atom. The minimum absolute atomic E-state index is 0.0896. The van der Waals surface area contributed by atoms with Gasteiger partial charge in [-0.25, -0.2) is 0 Å². The highest BCUT2D eigenvalue weighted by atomic mass is 79.9. The van der Waals surface area contributed by atoms with Gasteiger partial charge >= 0.3 is 0 Å². The molecule has 3 heteroatoms. The van der Waals surface area contributed by atoms with E-state index in [1.54, 1.807) is 0 Å². The molecule has 2 nitrogen and oxygen atoms in total. The Bertz CT molecular complexity index is 598. The Morgan fingerprint density at radius 3 is 2.80 bits per heavy atom. The maximum absolute atomic E-state index is 11.2. The van der Waals surface area contributed by atoms with Gasteiger partial charge in [0.1, 0.15) is 0 Å². The van der Waals surface area contributed by atoms with Crippen molar-refractivity contribution >= 4 is 32.4 Å². The molecule has 0 atom stereocenters. The third-order valence-corrected chi connectivity index (χ3v) is 2.72. The molecule has 0 amide bonds. The molecule has 0 bridgehead atoms. The molecule has 1 aromatic heterocycles. The molecule has 76 valence electrons. The van der Waals surface area contributed by atoms with Crippen molar-refractivity contribution in [3.63, 3.8) is 0 Å². The molecule has 0 unspecified atom stereocenters. The van der Waals surface area contributed by atoms with Gasteiger partial charge in [0.15, 0.2) is 0 Å². The summed E-state index contributed by atoms with van der Waals surface area (Å²) in [6.45, 7) is 5.88. The third-order valence-electron chi connectivity index (χ3n) is 2.26. The molecule has 1 aromatic carbocycles. The molecular weight excluding hydrogens is 254 g/mol. The summed E-state index contributed by atoms with van der Waals surface area (Å²) in [5.74, 6) is 0. The number of nitrogens with one attached hydrogen (secondary N) is 1. The number of halogens is 1. The quantitative estimate of drug-likeness (QED) is 0.842. The van der Waals surface area contributed by atoms with Gasteiger partial charge in [0.2, 0.25) is 5.56 Å². The fraction of sp³-hybridized carbons (Fsp3) is 0.0833. The SMILES string of the molecule is C=C(C)c1cc(Br)cc2[nH]c(=O)ccc12. The van der Waals surface area contributed by atoms with Crippen molar-refractivity contribution in [2.75, 3.05) is 0 Å². The largest absolute Gasteiger partial charge is 0.322 e. The summed E-state index contributed by atoms with van der Waals surface area (Å²) >= 11 is 3.41.